The summed E-state index contributed by atoms with van der Waals surface area (Å²) in [7, 11) is 1.63. The number of carbonyl (C=O) groups excluding carboxylic acids is 1. The lowest BCUT2D eigenvalue weighted by atomic mass is 9.96. The van der Waals surface area contributed by atoms with E-state index in [1.165, 1.54) is 0 Å². The Kier molecular flexibility index (Phi) is 3.68. The molecule has 104 valence electrons. The van der Waals surface area contributed by atoms with Crippen LogP contribution < -0.4 is 10.1 Å². The second-order valence-corrected chi connectivity index (χ2v) is 6.02. The van der Waals surface area contributed by atoms with Crippen LogP contribution in [-0.4, -0.2) is 19.6 Å². The first-order valence-corrected chi connectivity index (χ1v) is 7.69. The molecule has 0 bridgehead atoms. The van der Waals surface area contributed by atoms with E-state index in [-0.39, 0.29) is 11.3 Å². The molecule has 5 heteroatoms. The van der Waals surface area contributed by atoms with E-state index in [0.29, 0.717) is 6.54 Å². The van der Waals surface area contributed by atoms with Crippen molar-refractivity contribution in [2.24, 2.45) is 0 Å². The molecule has 1 aromatic heterocycles. The third-order valence-electron chi connectivity index (χ3n) is 3.46. The molecule has 1 aromatic carbocycles. The monoisotopic (exact) mass is 307 g/mol. The van der Waals surface area contributed by atoms with Gasteiger partial charge in [0, 0.05) is 12.1 Å². The molecule has 1 unspecified atom stereocenters. The smallest absolute Gasteiger partial charge is 0.251 e. The zero-order chi connectivity index (χ0) is 14.1. The number of thiophene rings is 1. The summed E-state index contributed by atoms with van der Waals surface area (Å²) in [5.41, 5.74) is 2.73. The molecule has 0 fully saturated rings. The summed E-state index contributed by atoms with van der Waals surface area (Å²) >= 11 is 8.10. The third-order valence-corrected chi connectivity index (χ3v) is 5.02. The van der Waals surface area contributed by atoms with Crippen molar-refractivity contribution in [3.8, 4) is 5.75 Å². The predicted molar refractivity (Wildman–Crippen MR) is 81.0 cm³/mol. The molecule has 1 atom stereocenters. The van der Waals surface area contributed by atoms with Gasteiger partial charge in [-0.2, -0.15) is 0 Å². The van der Waals surface area contributed by atoms with Crippen LogP contribution in [0.3, 0.4) is 0 Å². The summed E-state index contributed by atoms with van der Waals surface area (Å²) in [6, 6.07) is 7.79. The average Bonchev–Trinajstić information content (AvgIpc) is 2.95. The summed E-state index contributed by atoms with van der Waals surface area (Å²) in [5.74, 6) is 0.771. The van der Waals surface area contributed by atoms with E-state index in [1.54, 1.807) is 18.4 Å². The fourth-order valence-electron chi connectivity index (χ4n) is 2.40. The number of methoxy groups -OCH3 is 1. The van der Waals surface area contributed by atoms with E-state index >= 15 is 0 Å². The van der Waals surface area contributed by atoms with E-state index < -0.39 is 0 Å². The van der Waals surface area contributed by atoms with Crippen LogP contribution in [0.15, 0.2) is 29.6 Å². The van der Waals surface area contributed by atoms with E-state index in [1.807, 2.05) is 29.6 Å². The van der Waals surface area contributed by atoms with Gasteiger partial charge in [0.05, 0.1) is 17.4 Å². The second-order valence-electron chi connectivity index (χ2n) is 4.64. The molecule has 1 aliphatic heterocycles. The van der Waals surface area contributed by atoms with Gasteiger partial charge in [-0.15, -0.1) is 22.9 Å². The van der Waals surface area contributed by atoms with Crippen molar-refractivity contribution < 1.29 is 9.53 Å². The van der Waals surface area contributed by atoms with Crippen molar-refractivity contribution in [3.05, 3.63) is 51.2 Å². The first-order chi connectivity index (χ1) is 9.70. The minimum atomic E-state index is -0.301. The number of amides is 1. The number of ether oxygens (including phenoxy) is 1. The van der Waals surface area contributed by atoms with Crippen molar-refractivity contribution in [2.45, 2.75) is 11.8 Å². The van der Waals surface area contributed by atoms with Crippen LogP contribution in [0.25, 0.3) is 0 Å². The van der Waals surface area contributed by atoms with Gasteiger partial charge < -0.3 is 10.1 Å². The van der Waals surface area contributed by atoms with Gasteiger partial charge in [0.25, 0.3) is 5.91 Å². The maximum Gasteiger partial charge on any atom is 0.251 e. The van der Waals surface area contributed by atoms with Crippen LogP contribution in [0.2, 0.25) is 0 Å². The van der Waals surface area contributed by atoms with Gasteiger partial charge in [-0.1, -0.05) is 12.1 Å². The van der Waals surface area contributed by atoms with E-state index in [9.17, 15) is 4.79 Å². The van der Waals surface area contributed by atoms with Gasteiger partial charge in [-0.3, -0.25) is 4.79 Å². The normalized spacial score (nSPS) is 15.4. The van der Waals surface area contributed by atoms with Crippen LogP contribution in [-0.2, 0) is 6.42 Å². The molecule has 0 saturated carbocycles. The highest BCUT2D eigenvalue weighted by atomic mass is 35.5. The maximum absolute atomic E-state index is 11.9. The maximum atomic E-state index is 11.9. The average molecular weight is 308 g/mol. The van der Waals surface area contributed by atoms with Gasteiger partial charge in [-0.05, 0) is 35.1 Å². The van der Waals surface area contributed by atoms with Crippen LogP contribution in [0.1, 0.15) is 31.7 Å². The fourth-order valence-corrected chi connectivity index (χ4v) is 3.66. The molecule has 0 radical (unpaired) electrons. The second kappa shape index (κ2) is 5.46. The lowest BCUT2D eigenvalue weighted by Crippen LogP contribution is -2.31. The number of rotatable bonds is 3. The molecule has 2 heterocycles. The number of fused-ring (bicyclic) bond motifs is 1. The highest BCUT2D eigenvalue weighted by Gasteiger charge is 2.21. The number of halogens is 1. The first-order valence-electron chi connectivity index (χ1n) is 6.37. The topological polar surface area (TPSA) is 38.3 Å². The number of benzene rings is 1. The standard InChI is InChI=1S/C15H14ClNO2S/c1-19-12-5-7-20-14(12)13(16)10-3-2-9-4-6-17-15(18)11(9)8-10/h2-3,5,7-8,13H,4,6H2,1H3,(H,17,18). The molecule has 1 aliphatic rings. The van der Waals surface area contributed by atoms with Crippen molar-refractivity contribution in [1.82, 2.24) is 5.32 Å². The molecule has 1 amide bonds. The van der Waals surface area contributed by atoms with Gasteiger partial charge in [0.2, 0.25) is 0 Å². The molecule has 3 nitrogen and oxygen atoms in total. The van der Waals surface area contributed by atoms with Gasteiger partial charge in [0.1, 0.15) is 5.75 Å². The molecule has 20 heavy (non-hydrogen) atoms. The predicted octanol–water partition coefficient (Wildman–Crippen LogP) is 3.37. The molecule has 0 saturated heterocycles. The number of alkyl halides is 1. The minimum Gasteiger partial charge on any atom is -0.496 e. The largest absolute Gasteiger partial charge is 0.496 e. The zero-order valence-corrected chi connectivity index (χ0v) is 12.6. The SMILES string of the molecule is COc1ccsc1C(Cl)c1ccc2c(c1)C(=O)NCC2. The molecular formula is C15H14ClNO2S. The summed E-state index contributed by atoms with van der Waals surface area (Å²) < 4.78 is 5.31. The molecule has 2 aromatic rings. The van der Waals surface area contributed by atoms with E-state index in [2.05, 4.69) is 5.32 Å². The Bertz CT molecular complexity index is 653. The lowest BCUT2D eigenvalue weighted by Gasteiger charge is -2.18. The summed E-state index contributed by atoms with van der Waals surface area (Å²) in [5, 5.41) is 4.51. The van der Waals surface area contributed by atoms with Crippen molar-refractivity contribution in [2.75, 3.05) is 13.7 Å². The van der Waals surface area contributed by atoms with Crippen LogP contribution >= 0.6 is 22.9 Å². The first kappa shape index (κ1) is 13.5. The van der Waals surface area contributed by atoms with Crippen molar-refractivity contribution >= 4 is 28.8 Å². The highest BCUT2D eigenvalue weighted by Crippen LogP contribution is 2.39. The molecule has 0 aliphatic carbocycles. The van der Waals surface area contributed by atoms with Crippen LogP contribution in [0, 0.1) is 0 Å². The van der Waals surface area contributed by atoms with Crippen LogP contribution in [0.5, 0.6) is 5.75 Å². The van der Waals surface area contributed by atoms with Crippen molar-refractivity contribution in [3.63, 3.8) is 0 Å². The van der Waals surface area contributed by atoms with Gasteiger partial charge in [-0.25, -0.2) is 0 Å². The summed E-state index contributed by atoms with van der Waals surface area (Å²) in [6.45, 7) is 0.703. The molecule has 1 N–H and O–H groups in total. The number of hydrogen-bond acceptors (Lipinski definition) is 3. The Morgan fingerprint density at radius 1 is 1.40 bits per heavy atom. The Balaban J connectivity index is 1.98. The number of hydrogen-bond donors (Lipinski definition) is 1. The molecular weight excluding hydrogens is 294 g/mol. The van der Waals surface area contributed by atoms with Crippen molar-refractivity contribution in [1.29, 1.82) is 0 Å². The van der Waals surface area contributed by atoms with E-state index in [0.717, 1.165) is 33.7 Å². The Morgan fingerprint density at radius 2 is 2.25 bits per heavy atom. The quantitative estimate of drug-likeness (QED) is 0.883. The minimum absolute atomic E-state index is 0.0184. The Labute approximate surface area is 126 Å². The van der Waals surface area contributed by atoms with E-state index in [4.69, 9.17) is 16.3 Å². The zero-order valence-electron chi connectivity index (χ0n) is 11.0. The third kappa shape index (κ3) is 2.30. The number of carbonyl (C=O) groups is 1. The van der Waals surface area contributed by atoms with Crippen LogP contribution in [0.4, 0.5) is 0 Å². The molecule has 3 rings (SSSR count). The molecule has 0 spiro atoms. The van der Waals surface area contributed by atoms with Gasteiger partial charge >= 0.3 is 0 Å². The Morgan fingerprint density at radius 3 is 3.05 bits per heavy atom. The highest BCUT2D eigenvalue weighted by molar-refractivity contribution is 7.10. The lowest BCUT2D eigenvalue weighted by molar-refractivity contribution is 0.0946. The fraction of sp³-hybridized carbons (Fsp3) is 0.267. The number of nitrogens with one attached hydrogen (secondary N) is 1. The summed E-state index contributed by atoms with van der Waals surface area (Å²) in [4.78, 5) is 12.9. The summed E-state index contributed by atoms with van der Waals surface area (Å²) in [6.07, 6.45) is 0.872. The Hall–Kier alpha value is -1.52. The van der Waals surface area contributed by atoms with Gasteiger partial charge in [0.15, 0.2) is 0 Å².